The molecule has 4 rings (SSSR count). The van der Waals surface area contributed by atoms with E-state index in [0.29, 0.717) is 24.7 Å². The quantitative estimate of drug-likeness (QED) is 0.545. The van der Waals surface area contributed by atoms with Crippen LogP contribution in [0.2, 0.25) is 0 Å². The molecule has 0 bridgehead atoms. The largest absolute Gasteiger partial charge is 0.455 e. The average Bonchev–Trinajstić information content (AvgIpc) is 2.81. The van der Waals surface area contributed by atoms with Gasteiger partial charge in [-0.2, -0.15) is 4.31 Å². The van der Waals surface area contributed by atoms with Crippen LogP contribution < -0.4 is 9.46 Å². The maximum atomic E-state index is 13.0. The Morgan fingerprint density at radius 2 is 1.52 bits per heavy atom. The number of nitrogens with one attached hydrogen (secondary N) is 1. The first-order chi connectivity index (χ1) is 15.8. The Balaban J connectivity index is 1.55. The predicted octanol–water partition coefficient (Wildman–Crippen LogP) is 3.61. The standard InChI is InChI=1S/C23H24N2O6S2/c1-18-5-4-6-19(17-18)31-23-8-3-2-7-22(23)24-32(26,27)20-9-11-21(12-10-20)33(28,29)25-13-15-30-16-14-25/h2-12,17,24H,13-16H2,1H3. The third-order valence-electron chi connectivity index (χ3n) is 5.09. The summed E-state index contributed by atoms with van der Waals surface area (Å²) in [4.78, 5) is -0.0275. The van der Waals surface area contributed by atoms with Crippen LogP contribution in [0.3, 0.4) is 0 Å². The minimum atomic E-state index is -3.98. The lowest BCUT2D eigenvalue weighted by Crippen LogP contribution is -2.40. The lowest BCUT2D eigenvalue weighted by molar-refractivity contribution is 0.0730. The number of hydrogen-bond acceptors (Lipinski definition) is 6. The Hall–Kier alpha value is -2.92. The van der Waals surface area contributed by atoms with Crippen molar-refractivity contribution in [2.45, 2.75) is 16.7 Å². The molecule has 174 valence electrons. The van der Waals surface area contributed by atoms with Crippen molar-refractivity contribution in [3.05, 3.63) is 78.4 Å². The molecule has 0 unspecified atom stereocenters. The van der Waals surface area contributed by atoms with E-state index in [-0.39, 0.29) is 28.6 Å². The van der Waals surface area contributed by atoms with Crippen LogP contribution in [0.4, 0.5) is 5.69 Å². The Morgan fingerprint density at radius 3 is 2.21 bits per heavy atom. The number of benzene rings is 3. The summed E-state index contributed by atoms with van der Waals surface area (Å²) in [5.41, 5.74) is 1.28. The molecule has 0 spiro atoms. The van der Waals surface area contributed by atoms with Gasteiger partial charge < -0.3 is 9.47 Å². The van der Waals surface area contributed by atoms with Crippen LogP contribution in [0.1, 0.15) is 5.56 Å². The van der Waals surface area contributed by atoms with E-state index in [4.69, 9.17) is 9.47 Å². The number of rotatable bonds is 7. The monoisotopic (exact) mass is 488 g/mol. The van der Waals surface area contributed by atoms with Gasteiger partial charge in [-0.3, -0.25) is 4.72 Å². The number of nitrogens with zero attached hydrogens (tertiary/aromatic N) is 1. The number of hydrogen-bond donors (Lipinski definition) is 1. The summed E-state index contributed by atoms with van der Waals surface area (Å²) in [5.74, 6) is 0.928. The molecule has 0 aliphatic carbocycles. The van der Waals surface area contributed by atoms with E-state index < -0.39 is 20.0 Å². The number of anilines is 1. The summed E-state index contributed by atoms with van der Waals surface area (Å²) in [5, 5.41) is 0. The number of morpholine rings is 1. The molecule has 1 heterocycles. The van der Waals surface area contributed by atoms with Gasteiger partial charge in [0, 0.05) is 13.1 Å². The lowest BCUT2D eigenvalue weighted by atomic mass is 10.2. The summed E-state index contributed by atoms with van der Waals surface area (Å²) in [6.45, 7) is 3.13. The van der Waals surface area contributed by atoms with Crippen molar-refractivity contribution in [2.24, 2.45) is 0 Å². The molecule has 33 heavy (non-hydrogen) atoms. The first-order valence-corrected chi connectivity index (χ1v) is 13.2. The van der Waals surface area contributed by atoms with Gasteiger partial charge >= 0.3 is 0 Å². The summed E-state index contributed by atoms with van der Waals surface area (Å²) < 4.78 is 66.4. The molecule has 0 saturated carbocycles. The topological polar surface area (TPSA) is 102 Å². The number of sulfonamides is 2. The van der Waals surface area contributed by atoms with Crippen LogP contribution in [0.15, 0.2) is 82.6 Å². The maximum absolute atomic E-state index is 13.0. The second-order valence-electron chi connectivity index (χ2n) is 7.51. The Kier molecular flexibility index (Phi) is 6.71. The molecule has 1 saturated heterocycles. The molecule has 10 heteroatoms. The zero-order chi connectivity index (χ0) is 23.5. The van der Waals surface area contributed by atoms with Crippen molar-refractivity contribution in [3.8, 4) is 11.5 Å². The fraction of sp³-hybridized carbons (Fsp3) is 0.217. The zero-order valence-electron chi connectivity index (χ0n) is 18.0. The molecule has 1 aliphatic rings. The van der Waals surface area contributed by atoms with Crippen molar-refractivity contribution < 1.29 is 26.3 Å². The highest BCUT2D eigenvalue weighted by Crippen LogP contribution is 2.31. The van der Waals surface area contributed by atoms with E-state index in [1.165, 1.54) is 28.6 Å². The fourth-order valence-corrected chi connectivity index (χ4v) is 5.85. The van der Waals surface area contributed by atoms with E-state index in [1.54, 1.807) is 30.3 Å². The smallest absolute Gasteiger partial charge is 0.262 e. The van der Waals surface area contributed by atoms with Gasteiger partial charge in [-0.25, -0.2) is 16.8 Å². The Labute approximate surface area is 193 Å². The van der Waals surface area contributed by atoms with Crippen molar-refractivity contribution in [1.29, 1.82) is 0 Å². The van der Waals surface area contributed by atoms with Crippen LogP contribution >= 0.6 is 0 Å². The molecule has 1 fully saturated rings. The Morgan fingerprint density at radius 1 is 0.848 bits per heavy atom. The lowest BCUT2D eigenvalue weighted by Gasteiger charge is -2.26. The number of aryl methyl sites for hydroxylation is 1. The first-order valence-electron chi connectivity index (χ1n) is 10.3. The van der Waals surface area contributed by atoms with Crippen LogP contribution in [0, 0.1) is 6.92 Å². The van der Waals surface area contributed by atoms with E-state index in [9.17, 15) is 16.8 Å². The van der Waals surface area contributed by atoms with Gasteiger partial charge in [0.25, 0.3) is 10.0 Å². The third-order valence-corrected chi connectivity index (χ3v) is 8.38. The van der Waals surface area contributed by atoms with Gasteiger partial charge in [-0.1, -0.05) is 24.3 Å². The molecule has 8 nitrogen and oxygen atoms in total. The molecule has 3 aromatic carbocycles. The van der Waals surface area contributed by atoms with Gasteiger partial charge in [0.05, 0.1) is 28.7 Å². The molecule has 0 atom stereocenters. The molecule has 0 radical (unpaired) electrons. The van der Waals surface area contributed by atoms with Gasteiger partial charge in [0.2, 0.25) is 10.0 Å². The number of para-hydroxylation sites is 2. The fourth-order valence-electron chi connectivity index (χ4n) is 3.38. The van der Waals surface area contributed by atoms with E-state index in [1.807, 2.05) is 25.1 Å². The molecule has 0 aromatic heterocycles. The highest BCUT2D eigenvalue weighted by Gasteiger charge is 2.27. The molecular formula is C23H24N2O6S2. The summed E-state index contributed by atoms with van der Waals surface area (Å²) in [6.07, 6.45) is 0. The molecule has 1 aliphatic heterocycles. The maximum Gasteiger partial charge on any atom is 0.262 e. The highest BCUT2D eigenvalue weighted by molar-refractivity contribution is 7.92. The van der Waals surface area contributed by atoms with Crippen molar-refractivity contribution >= 4 is 25.7 Å². The zero-order valence-corrected chi connectivity index (χ0v) is 19.6. The molecule has 1 N–H and O–H groups in total. The van der Waals surface area contributed by atoms with Crippen LogP contribution in [0.25, 0.3) is 0 Å². The van der Waals surface area contributed by atoms with Gasteiger partial charge in [-0.15, -0.1) is 0 Å². The van der Waals surface area contributed by atoms with Crippen LogP contribution in [-0.2, 0) is 24.8 Å². The van der Waals surface area contributed by atoms with E-state index in [2.05, 4.69) is 4.72 Å². The van der Waals surface area contributed by atoms with Gasteiger partial charge in [0.15, 0.2) is 5.75 Å². The minimum absolute atomic E-state index is 0.0338. The summed E-state index contributed by atoms with van der Waals surface area (Å²) in [7, 11) is -7.69. The third kappa shape index (κ3) is 5.36. The van der Waals surface area contributed by atoms with Crippen molar-refractivity contribution in [2.75, 3.05) is 31.0 Å². The second kappa shape index (κ2) is 9.52. The van der Waals surface area contributed by atoms with Gasteiger partial charge in [-0.05, 0) is 61.0 Å². The van der Waals surface area contributed by atoms with Crippen LogP contribution in [-0.4, -0.2) is 47.4 Å². The van der Waals surface area contributed by atoms with Crippen LogP contribution in [0.5, 0.6) is 11.5 Å². The summed E-state index contributed by atoms with van der Waals surface area (Å²) in [6, 6.07) is 19.3. The second-order valence-corrected chi connectivity index (χ2v) is 11.1. The first kappa shape index (κ1) is 23.2. The molecular weight excluding hydrogens is 464 g/mol. The van der Waals surface area contributed by atoms with E-state index in [0.717, 1.165) is 5.56 Å². The highest BCUT2D eigenvalue weighted by atomic mass is 32.2. The predicted molar refractivity (Wildman–Crippen MR) is 125 cm³/mol. The average molecular weight is 489 g/mol. The Bertz CT molecular complexity index is 1330. The van der Waals surface area contributed by atoms with Gasteiger partial charge in [0.1, 0.15) is 5.75 Å². The summed E-state index contributed by atoms with van der Waals surface area (Å²) >= 11 is 0. The molecule has 0 amide bonds. The van der Waals surface area contributed by atoms with E-state index >= 15 is 0 Å². The van der Waals surface area contributed by atoms with Crippen molar-refractivity contribution in [3.63, 3.8) is 0 Å². The van der Waals surface area contributed by atoms with Crippen molar-refractivity contribution in [1.82, 2.24) is 4.31 Å². The normalized spacial score (nSPS) is 15.2. The minimum Gasteiger partial charge on any atom is -0.455 e. The molecule has 3 aromatic rings. The number of ether oxygens (including phenoxy) is 2. The SMILES string of the molecule is Cc1cccc(Oc2ccccc2NS(=O)(=O)c2ccc(S(=O)(=O)N3CCOCC3)cc2)c1.